The van der Waals surface area contributed by atoms with Crippen LogP contribution in [0.3, 0.4) is 0 Å². The Balaban J connectivity index is 1.41. The monoisotopic (exact) mass is 458 g/mol. The van der Waals surface area contributed by atoms with Crippen LogP contribution in [0.2, 0.25) is 0 Å². The van der Waals surface area contributed by atoms with Gasteiger partial charge in [-0.05, 0) is 72.9 Å². The second-order valence-corrected chi connectivity index (χ2v) is 8.48. The largest absolute Gasteiger partial charge is 0.507 e. The van der Waals surface area contributed by atoms with Crippen molar-refractivity contribution in [3.05, 3.63) is 90.1 Å². The number of aryl methyl sites for hydroxylation is 1. The summed E-state index contributed by atoms with van der Waals surface area (Å²) in [7, 11) is 1.87. The Morgan fingerprint density at radius 2 is 1.88 bits per heavy atom. The van der Waals surface area contributed by atoms with E-state index in [0.717, 1.165) is 40.9 Å². The number of aromatic nitrogens is 3. The summed E-state index contributed by atoms with van der Waals surface area (Å²) in [4.78, 5) is 16.8. The molecule has 2 heterocycles. The first-order valence-corrected chi connectivity index (χ1v) is 11.2. The van der Waals surface area contributed by atoms with Gasteiger partial charge in [0.05, 0.1) is 5.56 Å². The molecule has 7 heteroatoms. The molecule has 0 aliphatic heterocycles. The average Bonchev–Trinajstić information content (AvgIpc) is 3.21. The highest BCUT2D eigenvalue weighted by molar-refractivity contribution is 5.96. The molecular weight excluding hydrogens is 431 g/mol. The van der Waals surface area contributed by atoms with E-state index in [9.17, 15) is 14.3 Å². The Bertz CT molecular complexity index is 1280. The molecule has 2 aromatic heterocycles. The Kier molecular flexibility index (Phi) is 7.01. The lowest BCUT2D eigenvalue weighted by molar-refractivity contribution is 0.0949. The van der Waals surface area contributed by atoms with E-state index in [2.05, 4.69) is 28.4 Å². The number of para-hydroxylation sites is 1. The molecule has 1 unspecified atom stereocenters. The molecule has 2 aromatic carbocycles. The molecule has 174 valence electrons. The molecule has 0 aliphatic carbocycles. The number of nitrogens with zero attached hydrogens (tertiary/aromatic N) is 3. The van der Waals surface area contributed by atoms with Crippen LogP contribution in [0.25, 0.3) is 22.4 Å². The third kappa shape index (κ3) is 5.49. The maximum absolute atomic E-state index is 13.4. The summed E-state index contributed by atoms with van der Waals surface area (Å²) < 4.78 is 15.1. The van der Waals surface area contributed by atoms with Crippen molar-refractivity contribution >= 4 is 5.91 Å². The van der Waals surface area contributed by atoms with E-state index >= 15 is 0 Å². The first kappa shape index (κ1) is 23.2. The fourth-order valence-corrected chi connectivity index (χ4v) is 3.93. The van der Waals surface area contributed by atoms with Gasteiger partial charge in [0, 0.05) is 42.8 Å². The van der Waals surface area contributed by atoms with Crippen molar-refractivity contribution in [1.29, 1.82) is 0 Å². The molecule has 4 rings (SSSR count). The van der Waals surface area contributed by atoms with E-state index in [1.54, 1.807) is 41.2 Å². The molecule has 2 N–H and O–H groups in total. The zero-order valence-corrected chi connectivity index (χ0v) is 19.2. The molecule has 34 heavy (non-hydrogen) atoms. The van der Waals surface area contributed by atoms with Crippen LogP contribution >= 0.6 is 0 Å². The van der Waals surface area contributed by atoms with E-state index in [4.69, 9.17) is 0 Å². The summed E-state index contributed by atoms with van der Waals surface area (Å²) in [6.45, 7) is 2.62. The Hall–Kier alpha value is -4.00. The maximum Gasteiger partial charge on any atom is 0.255 e. The van der Waals surface area contributed by atoms with Crippen molar-refractivity contribution in [3.63, 3.8) is 0 Å². The fraction of sp³-hybridized carbons (Fsp3) is 0.222. The van der Waals surface area contributed by atoms with Gasteiger partial charge in [-0.15, -0.1) is 0 Å². The zero-order chi connectivity index (χ0) is 24.1. The molecule has 6 nitrogen and oxygen atoms in total. The summed E-state index contributed by atoms with van der Waals surface area (Å²) in [5, 5.41) is 17.3. The molecule has 0 spiro atoms. The van der Waals surface area contributed by atoms with Crippen LogP contribution in [0, 0.1) is 11.7 Å². The van der Waals surface area contributed by atoms with E-state index in [0.29, 0.717) is 6.54 Å². The summed E-state index contributed by atoms with van der Waals surface area (Å²) in [5.74, 6) is -0.296. The number of hydrogen-bond donors (Lipinski definition) is 2. The van der Waals surface area contributed by atoms with Crippen molar-refractivity contribution in [2.24, 2.45) is 13.0 Å². The molecule has 0 saturated carbocycles. The molecule has 1 atom stereocenters. The lowest BCUT2D eigenvalue weighted by Crippen LogP contribution is -2.26. The van der Waals surface area contributed by atoms with Gasteiger partial charge >= 0.3 is 0 Å². The third-order valence-corrected chi connectivity index (χ3v) is 5.70. The van der Waals surface area contributed by atoms with Gasteiger partial charge < -0.3 is 10.4 Å². The molecule has 0 saturated heterocycles. The molecule has 0 aliphatic rings. The quantitative estimate of drug-likeness (QED) is 0.390. The number of aromatic hydroxyl groups is 1. The van der Waals surface area contributed by atoms with Crippen LogP contribution in [-0.4, -0.2) is 32.3 Å². The van der Waals surface area contributed by atoms with E-state index in [-0.39, 0.29) is 29.0 Å². The number of rotatable bonds is 8. The number of hydrogen-bond acceptors (Lipinski definition) is 4. The van der Waals surface area contributed by atoms with Crippen LogP contribution in [0.4, 0.5) is 4.39 Å². The Morgan fingerprint density at radius 1 is 1.12 bits per heavy atom. The molecular formula is C27H27FN4O2. The Morgan fingerprint density at radius 3 is 2.65 bits per heavy atom. The molecule has 1 amide bonds. The lowest BCUT2D eigenvalue weighted by Gasteiger charge is -2.13. The maximum atomic E-state index is 13.4. The normalized spacial score (nSPS) is 11.9. The predicted molar refractivity (Wildman–Crippen MR) is 130 cm³/mol. The number of amides is 1. The first-order valence-electron chi connectivity index (χ1n) is 11.2. The van der Waals surface area contributed by atoms with Crippen LogP contribution in [-0.2, 0) is 13.5 Å². The van der Waals surface area contributed by atoms with Gasteiger partial charge in [0.15, 0.2) is 0 Å². The number of carbonyl (C=O) groups is 1. The molecule has 0 bridgehead atoms. The minimum atomic E-state index is -0.282. The highest BCUT2D eigenvalue weighted by atomic mass is 19.1. The fourth-order valence-electron chi connectivity index (χ4n) is 3.93. The van der Waals surface area contributed by atoms with Gasteiger partial charge in [0.1, 0.15) is 17.3 Å². The van der Waals surface area contributed by atoms with Gasteiger partial charge in [-0.1, -0.05) is 19.1 Å². The number of carbonyl (C=O) groups excluding carboxylic acids is 1. The minimum Gasteiger partial charge on any atom is -0.507 e. The number of nitrogens with one attached hydrogen (secondary N) is 1. The van der Waals surface area contributed by atoms with Gasteiger partial charge in [0.25, 0.3) is 5.91 Å². The predicted octanol–water partition coefficient (Wildman–Crippen LogP) is 4.99. The second kappa shape index (κ2) is 10.3. The highest BCUT2D eigenvalue weighted by Crippen LogP contribution is 2.31. The number of pyridine rings is 1. The van der Waals surface area contributed by atoms with Crippen LogP contribution in [0.5, 0.6) is 5.75 Å². The van der Waals surface area contributed by atoms with E-state index < -0.39 is 0 Å². The summed E-state index contributed by atoms with van der Waals surface area (Å²) >= 11 is 0. The first-order chi connectivity index (χ1) is 16.4. The molecule has 0 radical (unpaired) electrons. The van der Waals surface area contributed by atoms with Crippen molar-refractivity contribution in [2.45, 2.75) is 19.8 Å². The molecule has 4 aromatic rings. The average molecular weight is 459 g/mol. The summed E-state index contributed by atoms with van der Waals surface area (Å²) in [6.07, 6.45) is 5.28. The standard InChI is InChI=1S/C27H27FN4O2/c1-18(11-13-30-27(34)23-5-3-4-6-25(23)33)15-22-16-20(12-14-29-22)24-17-32(2)31-26(24)19-7-9-21(28)10-8-19/h3-10,12,14,16-18,33H,11,13,15H2,1-2H3,(H,30,34). The number of halogens is 1. The van der Waals surface area contributed by atoms with Crippen molar-refractivity contribution < 1.29 is 14.3 Å². The molecule has 0 fully saturated rings. The number of phenols is 1. The third-order valence-electron chi connectivity index (χ3n) is 5.70. The summed E-state index contributed by atoms with van der Waals surface area (Å²) in [6, 6.07) is 16.8. The Labute approximate surface area is 198 Å². The van der Waals surface area contributed by atoms with Crippen molar-refractivity contribution in [3.8, 4) is 28.1 Å². The van der Waals surface area contributed by atoms with Crippen molar-refractivity contribution in [1.82, 2.24) is 20.1 Å². The summed E-state index contributed by atoms with van der Waals surface area (Å²) in [5.41, 5.74) is 4.82. The van der Waals surface area contributed by atoms with Crippen LogP contribution in [0.1, 0.15) is 29.4 Å². The van der Waals surface area contributed by atoms with Gasteiger partial charge in [-0.25, -0.2) is 4.39 Å². The highest BCUT2D eigenvalue weighted by Gasteiger charge is 2.15. The van der Waals surface area contributed by atoms with Crippen LogP contribution < -0.4 is 5.32 Å². The SMILES string of the molecule is CC(CCNC(=O)c1ccccc1O)Cc1cc(-c2cn(C)nc2-c2ccc(F)cc2)ccn1. The second-order valence-electron chi connectivity index (χ2n) is 8.48. The minimum absolute atomic E-state index is 0.0236. The number of benzene rings is 2. The van der Waals surface area contributed by atoms with Crippen LogP contribution in [0.15, 0.2) is 73.1 Å². The van der Waals surface area contributed by atoms with Crippen molar-refractivity contribution in [2.75, 3.05) is 6.54 Å². The topological polar surface area (TPSA) is 80.0 Å². The van der Waals surface area contributed by atoms with E-state index in [1.807, 2.05) is 19.3 Å². The number of phenolic OH excluding ortho intramolecular Hbond substituents is 1. The van der Waals surface area contributed by atoms with E-state index in [1.165, 1.54) is 18.2 Å². The van der Waals surface area contributed by atoms with Gasteiger partial charge in [-0.2, -0.15) is 5.10 Å². The van der Waals surface area contributed by atoms with Gasteiger partial charge in [0.2, 0.25) is 0 Å². The zero-order valence-electron chi connectivity index (χ0n) is 19.2. The smallest absolute Gasteiger partial charge is 0.255 e. The van der Waals surface area contributed by atoms with Gasteiger partial charge in [-0.3, -0.25) is 14.5 Å². The lowest BCUT2D eigenvalue weighted by atomic mass is 9.98.